The van der Waals surface area contributed by atoms with Gasteiger partial charge in [-0.1, -0.05) is 55.0 Å². The number of sulfonamides is 1. The van der Waals surface area contributed by atoms with Crippen molar-refractivity contribution < 1.29 is 17.9 Å². The molecule has 150 valence electrons. The van der Waals surface area contributed by atoms with Gasteiger partial charge in [-0.15, -0.1) is 0 Å². The van der Waals surface area contributed by atoms with E-state index < -0.39 is 22.0 Å². The molecule has 3 rings (SSSR count). The highest BCUT2D eigenvalue weighted by Gasteiger charge is 2.33. The van der Waals surface area contributed by atoms with E-state index in [1.807, 2.05) is 37.3 Å². The number of rotatable bonds is 6. The normalized spacial score (nSPS) is 17.1. The summed E-state index contributed by atoms with van der Waals surface area (Å²) in [5.74, 6) is -0.635. The Hall–Kier alpha value is -2.22. The van der Waals surface area contributed by atoms with Crippen LogP contribution >= 0.6 is 0 Å². The monoisotopic (exact) mass is 402 g/mol. The number of carbonyl (C=O) groups is 1. The molecule has 28 heavy (non-hydrogen) atoms. The van der Waals surface area contributed by atoms with Crippen LogP contribution in [0, 0.1) is 12.8 Å². The van der Waals surface area contributed by atoms with E-state index in [0.717, 1.165) is 11.1 Å². The Labute approximate surface area is 166 Å². The number of nitrogens with one attached hydrogen (secondary N) is 1. The van der Waals surface area contributed by atoms with Crippen LogP contribution in [0.15, 0.2) is 59.5 Å². The van der Waals surface area contributed by atoms with Crippen molar-refractivity contribution in [1.29, 1.82) is 0 Å². The summed E-state index contributed by atoms with van der Waals surface area (Å²) in [6.07, 6.45) is 0. The van der Waals surface area contributed by atoms with Gasteiger partial charge in [0.15, 0.2) is 0 Å². The molecule has 0 aliphatic carbocycles. The highest BCUT2D eigenvalue weighted by Crippen LogP contribution is 2.26. The average Bonchev–Trinajstić information content (AvgIpc) is 2.72. The van der Waals surface area contributed by atoms with Crippen LogP contribution in [0.1, 0.15) is 24.1 Å². The molecule has 2 aromatic carbocycles. The summed E-state index contributed by atoms with van der Waals surface area (Å²) in [7, 11) is -3.78. The van der Waals surface area contributed by atoms with E-state index >= 15 is 0 Å². The SMILES string of the molecule is Cc1ccc(S(=O)(=O)N[C@@H](c2ccccc2)[C@@H](C)C(=O)N2CCOCC2)cc1. The van der Waals surface area contributed by atoms with Gasteiger partial charge < -0.3 is 9.64 Å². The molecule has 6 nitrogen and oxygen atoms in total. The maximum Gasteiger partial charge on any atom is 0.241 e. The minimum atomic E-state index is -3.78. The van der Waals surface area contributed by atoms with Crippen molar-refractivity contribution in [2.75, 3.05) is 26.3 Å². The summed E-state index contributed by atoms with van der Waals surface area (Å²) in [6.45, 7) is 5.73. The Bertz CT molecular complexity index is 892. The van der Waals surface area contributed by atoms with Crippen LogP contribution < -0.4 is 4.72 Å². The third kappa shape index (κ3) is 4.79. The first-order valence-corrected chi connectivity index (χ1v) is 10.9. The van der Waals surface area contributed by atoms with E-state index in [1.165, 1.54) is 0 Å². The summed E-state index contributed by atoms with van der Waals surface area (Å²) in [6, 6.07) is 15.2. The fourth-order valence-electron chi connectivity index (χ4n) is 3.29. The van der Waals surface area contributed by atoms with Crippen molar-refractivity contribution >= 4 is 15.9 Å². The predicted octanol–water partition coefficient (Wildman–Crippen LogP) is 2.51. The van der Waals surface area contributed by atoms with Gasteiger partial charge in [-0.05, 0) is 24.6 Å². The zero-order valence-electron chi connectivity index (χ0n) is 16.2. The highest BCUT2D eigenvalue weighted by molar-refractivity contribution is 7.89. The molecule has 7 heteroatoms. The van der Waals surface area contributed by atoms with Gasteiger partial charge >= 0.3 is 0 Å². The molecular formula is C21H26N2O4S. The number of ether oxygens (including phenoxy) is 1. The Kier molecular flexibility index (Phi) is 6.49. The molecule has 2 atom stereocenters. The topological polar surface area (TPSA) is 75.7 Å². The van der Waals surface area contributed by atoms with E-state index in [0.29, 0.717) is 26.3 Å². The van der Waals surface area contributed by atoms with E-state index in [9.17, 15) is 13.2 Å². The summed E-state index contributed by atoms with van der Waals surface area (Å²) in [5.41, 5.74) is 1.74. The predicted molar refractivity (Wildman–Crippen MR) is 107 cm³/mol. The number of amides is 1. The van der Waals surface area contributed by atoms with Gasteiger partial charge in [-0.25, -0.2) is 13.1 Å². The van der Waals surface area contributed by atoms with E-state index in [-0.39, 0.29) is 10.8 Å². The first-order chi connectivity index (χ1) is 13.4. The van der Waals surface area contributed by atoms with Crippen molar-refractivity contribution in [2.24, 2.45) is 5.92 Å². The highest BCUT2D eigenvalue weighted by atomic mass is 32.2. The molecule has 1 heterocycles. The van der Waals surface area contributed by atoms with Crippen molar-refractivity contribution in [3.05, 3.63) is 65.7 Å². The first kappa shape index (κ1) is 20.5. The van der Waals surface area contributed by atoms with Gasteiger partial charge in [0.2, 0.25) is 15.9 Å². The summed E-state index contributed by atoms with van der Waals surface area (Å²) in [5, 5.41) is 0. The molecule has 0 bridgehead atoms. The zero-order chi connectivity index (χ0) is 20.1. The molecule has 1 aliphatic rings. The average molecular weight is 403 g/mol. The van der Waals surface area contributed by atoms with Crippen LogP contribution in [-0.4, -0.2) is 45.5 Å². The molecule has 1 saturated heterocycles. The number of benzene rings is 2. The maximum absolute atomic E-state index is 13.0. The van der Waals surface area contributed by atoms with E-state index in [4.69, 9.17) is 4.74 Å². The van der Waals surface area contributed by atoms with Crippen LogP contribution in [0.25, 0.3) is 0 Å². The second-order valence-corrected chi connectivity index (χ2v) is 8.76. The second kappa shape index (κ2) is 8.86. The fraction of sp³-hybridized carbons (Fsp3) is 0.381. The zero-order valence-corrected chi connectivity index (χ0v) is 17.0. The summed E-state index contributed by atoms with van der Waals surface area (Å²) >= 11 is 0. The lowest BCUT2D eigenvalue weighted by atomic mass is 9.94. The molecule has 1 N–H and O–H groups in total. The molecule has 1 amide bonds. The molecule has 0 radical (unpaired) electrons. The molecule has 1 fully saturated rings. The van der Waals surface area contributed by atoms with Gasteiger partial charge in [0.25, 0.3) is 0 Å². The Balaban J connectivity index is 1.89. The quantitative estimate of drug-likeness (QED) is 0.806. The second-order valence-electron chi connectivity index (χ2n) is 7.05. The van der Waals surface area contributed by atoms with Crippen molar-refractivity contribution in [2.45, 2.75) is 24.8 Å². The number of aryl methyl sites for hydroxylation is 1. The Morgan fingerprint density at radius 1 is 1.04 bits per heavy atom. The molecule has 0 aromatic heterocycles. The lowest BCUT2D eigenvalue weighted by Gasteiger charge is -2.32. The fourth-order valence-corrected chi connectivity index (χ4v) is 4.59. The largest absolute Gasteiger partial charge is 0.378 e. The molecule has 1 aliphatic heterocycles. The molecule has 0 unspecified atom stereocenters. The van der Waals surface area contributed by atoms with Gasteiger partial charge in [-0.2, -0.15) is 0 Å². The van der Waals surface area contributed by atoms with Crippen LogP contribution in [0.3, 0.4) is 0 Å². The first-order valence-electron chi connectivity index (χ1n) is 9.39. The van der Waals surface area contributed by atoms with Crippen LogP contribution in [0.4, 0.5) is 0 Å². The van der Waals surface area contributed by atoms with Crippen molar-refractivity contribution in [3.8, 4) is 0 Å². The smallest absolute Gasteiger partial charge is 0.241 e. The molecule has 0 saturated carbocycles. The van der Waals surface area contributed by atoms with Gasteiger partial charge in [0.05, 0.1) is 30.1 Å². The third-order valence-corrected chi connectivity index (χ3v) is 6.44. The molecule has 2 aromatic rings. The van der Waals surface area contributed by atoms with Crippen LogP contribution in [-0.2, 0) is 19.6 Å². The molecule has 0 spiro atoms. The summed E-state index contributed by atoms with van der Waals surface area (Å²) in [4.78, 5) is 14.9. The lowest BCUT2D eigenvalue weighted by molar-refractivity contribution is -0.139. The number of hydrogen-bond acceptors (Lipinski definition) is 4. The molecular weight excluding hydrogens is 376 g/mol. The van der Waals surface area contributed by atoms with Crippen LogP contribution in [0.5, 0.6) is 0 Å². The van der Waals surface area contributed by atoms with Gasteiger partial charge in [0.1, 0.15) is 0 Å². The van der Waals surface area contributed by atoms with E-state index in [1.54, 1.807) is 36.1 Å². The minimum absolute atomic E-state index is 0.0799. The Morgan fingerprint density at radius 3 is 2.25 bits per heavy atom. The third-order valence-electron chi connectivity index (χ3n) is 4.98. The number of hydrogen-bond donors (Lipinski definition) is 1. The summed E-state index contributed by atoms with van der Waals surface area (Å²) < 4.78 is 34.0. The minimum Gasteiger partial charge on any atom is -0.378 e. The number of nitrogens with zero attached hydrogens (tertiary/aromatic N) is 1. The van der Waals surface area contributed by atoms with Gasteiger partial charge in [-0.3, -0.25) is 4.79 Å². The number of carbonyl (C=O) groups excluding carboxylic acids is 1. The maximum atomic E-state index is 13.0. The lowest BCUT2D eigenvalue weighted by Crippen LogP contribution is -2.46. The Morgan fingerprint density at radius 2 is 1.64 bits per heavy atom. The van der Waals surface area contributed by atoms with Gasteiger partial charge in [0, 0.05) is 13.1 Å². The van der Waals surface area contributed by atoms with E-state index in [2.05, 4.69) is 4.72 Å². The number of morpholine rings is 1. The van der Waals surface area contributed by atoms with Crippen molar-refractivity contribution in [3.63, 3.8) is 0 Å². The van der Waals surface area contributed by atoms with Crippen LogP contribution in [0.2, 0.25) is 0 Å². The van der Waals surface area contributed by atoms with Crippen molar-refractivity contribution in [1.82, 2.24) is 9.62 Å². The standard InChI is InChI=1S/C21H26N2O4S/c1-16-8-10-19(11-9-16)28(25,26)22-20(18-6-4-3-5-7-18)17(2)21(24)23-12-14-27-15-13-23/h3-11,17,20,22H,12-15H2,1-2H3/t17-,20-/m1/s1.